The van der Waals surface area contributed by atoms with Crippen molar-refractivity contribution in [2.24, 2.45) is 0 Å². The molecule has 21 heavy (non-hydrogen) atoms. The molecular formula is C16H15N3OS. The first-order valence-corrected chi connectivity index (χ1v) is 7.62. The van der Waals surface area contributed by atoms with Gasteiger partial charge in [-0.15, -0.1) is 0 Å². The Kier molecular flexibility index (Phi) is 3.66. The molecule has 0 spiro atoms. The number of hydrogen-bond acceptors (Lipinski definition) is 4. The lowest BCUT2D eigenvalue weighted by molar-refractivity contribution is 0.102. The van der Waals surface area contributed by atoms with Crippen molar-refractivity contribution in [3.63, 3.8) is 0 Å². The van der Waals surface area contributed by atoms with Crippen molar-refractivity contribution in [3.8, 4) is 0 Å². The maximum absolute atomic E-state index is 12.2. The Morgan fingerprint density at radius 2 is 2.10 bits per heavy atom. The fourth-order valence-corrected chi connectivity index (χ4v) is 3.00. The van der Waals surface area contributed by atoms with Gasteiger partial charge < -0.3 is 0 Å². The number of fused-ring (bicyclic) bond motifs is 1. The first-order valence-electron chi connectivity index (χ1n) is 6.80. The Labute approximate surface area is 126 Å². The minimum atomic E-state index is -0.228. The summed E-state index contributed by atoms with van der Waals surface area (Å²) in [5.74, 6) is -0.228. The van der Waals surface area contributed by atoms with Crippen molar-refractivity contribution in [2.45, 2.75) is 20.3 Å². The van der Waals surface area contributed by atoms with E-state index in [2.05, 4.69) is 34.3 Å². The van der Waals surface area contributed by atoms with Crippen molar-refractivity contribution in [1.82, 2.24) is 9.97 Å². The summed E-state index contributed by atoms with van der Waals surface area (Å²) >= 11 is 1.48. The van der Waals surface area contributed by atoms with Gasteiger partial charge in [0.2, 0.25) is 0 Å². The van der Waals surface area contributed by atoms with Crippen LogP contribution in [-0.2, 0) is 6.42 Å². The minimum Gasteiger partial charge on any atom is -0.296 e. The van der Waals surface area contributed by atoms with E-state index in [-0.39, 0.29) is 5.91 Å². The van der Waals surface area contributed by atoms with Gasteiger partial charge in [0.05, 0.1) is 10.2 Å². The summed E-state index contributed by atoms with van der Waals surface area (Å²) in [6, 6.07) is 11.6. The Hall–Kier alpha value is -2.27. The molecule has 2 aromatic heterocycles. The quantitative estimate of drug-likeness (QED) is 0.799. The lowest BCUT2D eigenvalue weighted by Gasteiger charge is -2.01. The number of pyridine rings is 1. The van der Waals surface area contributed by atoms with Gasteiger partial charge in [-0.1, -0.05) is 30.4 Å². The molecule has 3 aromatic rings. The maximum atomic E-state index is 12.2. The fraction of sp³-hybridized carbons (Fsp3) is 0.188. The van der Waals surface area contributed by atoms with Crippen molar-refractivity contribution < 1.29 is 4.79 Å². The van der Waals surface area contributed by atoms with Crippen LogP contribution in [0.5, 0.6) is 0 Å². The summed E-state index contributed by atoms with van der Waals surface area (Å²) in [4.78, 5) is 20.8. The normalized spacial score (nSPS) is 10.8. The fourth-order valence-electron chi connectivity index (χ4n) is 2.07. The van der Waals surface area contributed by atoms with E-state index in [0.717, 1.165) is 22.3 Å². The number of aromatic nitrogens is 2. The van der Waals surface area contributed by atoms with Crippen molar-refractivity contribution in [3.05, 3.63) is 53.3 Å². The highest BCUT2D eigenvalue weighted by atomic mass is 32.1. The van der Waals surface area contributed by atoms with Crippen molar-refractivity contribution in [1.29, 1.82) is 0 Å². The van der Waals surface area contributed by atoms with E-state index >= 15 is 0 Å². The molecule has 4 nitrogen and oxygen atoms in total. The number of amides is 1. The summed E-state index contributed by atoms with van der Waals surface area (Å²) in [6.07, 6.45) is 0.989. The molecule has 0 unspecified atom stereocenters. The van der Waals surface area contributed by atoms with Gasteiger partial charge in [-0.25, -0.2) is 9.97 Å². The van der Waals surface area contributed by atoms with Crippen LogP contribution >= 0.6 is 11.3 Å². The molecule has 0 aliphatic heterocycles. The largest absolute Gasteiger partial charge is 0.296 e. The zero-order valence-corrected chi connectivity index (χ0v) is 12.7. The van der Waals surface area contributed by atoms with Gasteiger partial charge in [-0.2, -0.15) is 0 Å². The van der Waals surface area contributed by atoms with Gasteiger partial charge in [0.15, 0.2) is 5.13 Å². The topological polar surface area (TPSA) is 54.9 Å². The number of nitrogens with one attached hydrogen (secondary N) is 1. The lowest BCUT2D eigenvalue weighted by atomic mass is 10.2. The van der Waals surface area contributed by atoms with E-state index in [0.29, 0.717) is 10.8 Å². The zero-order valence-electron chi connectivity index (χ0n) is 11.9. The second kappa shape index (κ2) is 5.61. The van der Waals surface area contributed by atoms with Gasteiger partial charge in [0, 0.05) is 5.69 Å². The summed E-state index contributed by atoms with van der Waals surface area (Å²) in [5.41, 5.74) is 3.40. The summed E-state index contributed by atoms with van der Waals surface area (Å²) in [5, 5.41) is 3.42. The number of anilines is 1. The summed E-state index contributed by atoms with van der Waals surface area (Å²) in [6.45, 7) is 3.98. The Morgan fingerprint density at radius 3 is 2.86 bits per heavy atom. The molecule has 0 saturated carbocycles. The van der Waals surface area contributed by atoms with Crippen LogP contribution in [0.25, 0.3) is 10.2 Å². The third kappa shape index (κ3) is 2.92. The monoisotopic (exact) mass is 297 g/mol. The van der Waals surface area contributed by atoms with Crippen LogP contribution in [0, 0.1) is 6.92 Å². The predicted octanol–water partition coefficient (Wildman–Crippen LogP) is 3.81. The average Bonchev–Trinajstić information content (AvgIpc) is 2.88. The molecule has 3 rings (SSSR count). The number of aryl methyl sites for hydroxylation is 2. The van der Waals surface area contributed by atoms with Crippen LogP contribution < -0.4 is 5.32 Å². The van der Waals surface area contributed by atoms with Crippen LogP contribution in [0.1, 0.15) is 28.7 Å². The Morgan fingerprint density at radius 1 is 1.24 bits per heavy atom. The molecule has 0 saturated heterocycles. The van der Waals surface area contributed by atoms with Crippen LogP contribution in [0.3, 0.4) is 0 Å². The molecule has 0 aliphatic carbocycles. The van der Waals surface area contributed by atoms with Crippen LogP contribution in [0.4, 0.5) is 5.13 Å². The Balaban J connectivity index is 1.86. The number of thiazole rings is 1. The number of hydrogen-bond donors (Lipinski definition) is 1. The Bertz CT molecular complexity index is 810. The van der Waals surface area contributed by atoms with E-state index < -0.39 is 0 Å². The lowest BCUT2D eigenvalue weighted by Crippen LogP contribution is -2.13. The second-order valence-electron chi connectivity index (χ2n) is 4.79. The number of benzene rings is 1. The molecule has 0 fully saturated rings. The molecule has 106 valence electrons. The maximum Gasteiger partial charge on any atom is 0.276 e. The van der Waals surface area contributed by atoms with Gasteiger partial charge in [-0.3, -0.25) is 10.1 Å². The molecule has 0 bridgehead atoms. The molecule has 1 amide bonds. The molecule has 0 atom stereocenters. The predicted molar refractivity (Wildman–Crippen MR) is 85.9 cm³/mol. The molecule has 1 aromatic carbocycles. The SMILES string of the molecule is CCc1ccc2nc(NC(=O)c3cccc(C)n3)sc2c1. The van der Waals surface area contributed by atoms with Crippen molar-refractivity contribution in [2.75, 3.05) is 5.32 Å². The number of rotatable bonds is 3. The molecule has 1 N–H and O–H groups in total. The third-order valence-electron chi connectivity index (χ3n) is 3.20. The molecule has 0 radical (unpaired) electrons. The summed E-state index contributed by atoms with van der Waals surface area (Å²) in [7, 11) is 0. The van der Waals surface area contributed by atoms with E-state index in [1.54, 1.807) is 6.07 Å². The van der Waals surface area contributed by atoms with E-state index in [9.17, 15) is 4.79 Å². The first-order chi connectivity index (χ1) is 10.2. The number of carbonyl (C=O) groups excluding carboxylic acids is 1. The average molecular weight is 297 g/mol. The first kappa shape index (κ1) is 13.7. The van der Waals surface area contributed by atoms with Gasteiger partial charge >= 0.3 is 0 Å². The van der Waals surface area contributed by atoms with Gasteiger partial charge in [-0.05, 0) is 43.2 Å². The standard InChI is InChI=1S/C16H15N3OS/c1-3-11-7-8-12-14(9-11)21-16(18-12)19-15(20)13-6-4-5-10(2)17-13/h4-9H,3H2,1-2H3,(H,18,19,20). The number of nitrogens with zero attached hydrogens (tertiary/aromatic N) is 2. The smallest absolute Gasteiger partial charge is 0.276 e. The molecular weight excluding hydrogens is 282 g/mol. The van der Waals surface area contributed by atoms with E-state index in [4.69, 9.17) is 0 Å². The molecule has 5 heteroatoms. The van der Waals surface area contributed by atoms with Gasteiger partial charge in [0.25, 0.3) is 5.91 Å². The van der Waals surface area contributed by atoms with E-state index in [1.807, 2.05) is 25.1 Å². The molecule has 0 aliphatic rings. The third-order valence-corrected chi connectivity index (χ3v) is 4.14. The minimum absolute atomic E-state index is 0.228. The highest BCUT2D eigenvalue weighted by Gasteiger charge is 2.11. The molecule has 2 heterocycles. The number of carbonyl (C=O) groups is 1. The van der Waals surface area contributed by atoms with Crippen LogP contribution in [0.2, 0.25) is 0 Å². The van der Waals surface area contributed by atoms with Gasteiger partial charge in [0.1, 0.15) is 5.69 Å². The van der Waals surface area contributed by atoms with E-state index in [1.165, 1.54) is 16.9 Å². The van der Waals surface area contributed by atoms with Crippen LogP contribution in [-0.4, -0.2) is 15.9 Å². The zero-order chi connectivity index (χ0) is 14.8. The van der Waals surface area contributed by atoms with Crippen LogP contribution in [0.15, 0.2) is 36.4 Å². The second-order valence-corrected chi connectivity index (χ2v) is 5.82. The highest BCUT2D eigenvalue weighted by molar-refractivity contribution is 7.22. The van der Waals surface area contributed by atoms with Crippen molar-refractivity contribution >= 4 is 32.6 Å². The summed E-state index contributed by atoms with van der Waals surface area (Å²) < 4.78 is 1.09. The highest BCUT2D eigenvalue weighted by Crippen LogP contribution is 2.27.